The first kappa shape index (κ1) is 19.6. The maximum absolute atomic E-state index is 11.9. The molecule has 0 aliphatic heterocycles. The third-order valence-electron chi connectivity index (χ3n) is 4.02. The predicted octanol–water partition coefficient (Wildman–Crippen LogP) is 3.47. The van der Waals surface area contributed by atoms with Crippen molar-refractivity contribution in [3.05, 3.63) is 77.3 Å². The van der Waals surface area contributed by atoms with Crippen LogP contribution < -0.4 is 10.6 Å². The molecule has 2 aromatic carbocycles. The van der Waals surface area contributed by atoms with Gasteiger partial charge in [-0.05, 0) is 24.3 Å². The molecule has 0 unspecified atom stereocenters. The Morgan fingerprint density at radius 2 is 1.68 bits per heavy atom. The minimum Gasteiger partial charge on any atom is -0.441 e. The molecular weight excluding hydrogens is 378 g/mol. The number of amides is 2. The molecule has 6 nitrogen and oxygen atoms in total. The molecule has 7 heteroatoms. The average molecular weight is 398 g/mol. The van der Waals surface area contributed by atoms with Crippen LogP contribution in [0.25, 0.3) is 11.3 Å². The molecule has 28 heavy (non-hydrogen) atoms. The first-order chi connectivity index (χ1) is 13.6. The number of nitrogens with zero attached hydrogens (tertiary/aromatic N) is 1. The molecule has 2 N–H and O–H groups in total. The molecule has 0 saturated carbocycles. The summed E-state index contributed by atoms with van der Waals surface area (Å²) in [4.78, 5) is 28.1. The van der Waals surface area contributed by atoms with Crippen molar-refractivity contribution in [3.63, 3.8) is 0 Å². The van der Waals surface area contributed by atoms with Gasteiger partial charge in [-0.25, -0.2) is 4.98 Å². The maximum atomic E-state index is 11.9. The topological polar surface area (TPSA) is 84.2 Å². The van der Waals surface area contributed by atoms with Gasteiger partial charge < -0.3 is 15.1 Å². The second-order valence-electron chi connectivity index (χ2n) is 6.10. The van der Waals surface area contributed by atoms with Crippen molar-refractivity contribution in [2.24, 2.45) is 0 Å². The van der Waals surface area contributed by atoms with Crippen LogP contribution in [0.15, 0.2) is 65.2 Å². The van der Waals surface area contributed by atoms with E-state index in [-0.39, 0.29) is 18.2 Å². The van der Waals surface area contributed by atoms with Crippen LogP contribution in [0.1, 0.15) is 22.7 Å². The van der Waals surface area contributed by atoms with E-state index in [1.807, 2.05) is 30.3 Å². The molecule has 0 atom stereocenters. The summed E-state index contributed by atoms with van der Waals surface area (Å²) < 4.78 is 5.68. The van der Waals surface area contributed by atoms with Crippen molar-refractivity contribution in [2.45, 2.75) is 12.8 Å². The van der Waals surface area contributed by atoms with Gasteiger partial charge in [-0.15, -0.1) is 0 Å². The van der Waals surface area contributed by atoms with E-state index in [0.717, 1.165) is 5.56 Å². The van der Waals surface area contributed by atoms with Gasteiger partial charge in [0.05, 0.1) is 6.20 Å². The summed E-state index contributed by atoms with van der Waals surface area (Å²) in [6, 6.07) is 16.3. The summed E-state index contributed by atoms with van der Waals surface area (Å²) in [5, 5.41) is 6.08. The molecular formula is C21H20ClN3O3. The number of benzene rings is 2. The Labute approximate surface area is 167 Å². The van der Waals surface area contributed by atoms with Crippen LogP contribution in [0.3, 0.4) is 0 Å². The van der Waals surface area contributed by atoms with E-state index in [1.54, 1.807) is 30.5 Å². The molecule has 3 rings (SSSR count). The lowest BCUT2D eigenvalue weighted by Gasteiger charge is -2.07. The number of hydrogen-bond donors (Lipinski definition) is 2. The highest BCUT2D eigenvalue weighted by Crippen LogP contribution is 2.20. The van der Waals surface area contributed by atoms with Gasteiger partial charge in [-0.2, -0.15) is 0 Å². The first-order valence-corrected chi connectivity index (χ1v) is 9.30. The van der Waals surface area contributed by atoms with Crippen LogP contribution >= 0.6 is 11.6 Å². The quantitative estimate of drug-likeness (QED) is 0.570. The largest absolute Gasteiger partial charge is 0.441 e. The zero-order valence-corrected chi connectivity index (χ0v) is 15.9. The van der Waals surface area contributed by atoms with E-state index in [9.17, 15) is 9.59 Å². The lowest BCUT2D eigenvalue weighted by atomic mass is 10.2. The molecule has 0 aliphatic rings. The minimum absolute atomic E-state index is 0.125. The van der Waals surface area contributed by atoms with E-state index in [1.165, 1.54) is 0 Å². The fraction of sp³-hybridized carbons (Fsp3) is 0.190. The van der Waals surface area contributed by atoms with Crippen LogP contribution in [-0.4, -0.2) is 29.9 Å². The van der Waals surface area contributed by atoms with Gasteiger partial charge in [-0.1, -0.05) is 41.9 Å². The van der Waals surface area contributed by atoms with E-state index in [0.29, 0.717) is 41.7 Å². The molecule has 0 saturated heterocycles. The Morgan fingerprint density at radius 3 is 2.43 bits per heavy atom. The van der Waals surface area contributed by atoms with Crippen LogP contribution in [0, 0.1) is 0 Å². The van der Waals surface area contributed by atoms with Crippen LogP contribution in [0.5, 0.6) is 0 Å². The lowest BCUT2D eigenvalue weighted by Crippen LogP contribution is -2.34. The van der Waals surface area contributed by atoms with E-state index in [2.05, 4.69) is 15.6 Å². The van der Waals surface area contributed by atoms with Crippen molar-refractivity contribution in [3.8, 4) is 11.3 Å². The first-order valence-electron chi connectivity index (χ1n) is 8.92. The number of oxazole rings is 1. The maximum Gasteiger partial charge on any atom is 0.251 e. The third-order valence-corrected chi connectivity index (χ3v) is 4.27. The number of aromatic nitrogens is 1. The van der Waals surface area contributed by atoms with Crippen molar-refractivity contribution in [1.82, 2.24) is 15.6 Å². The lowest BCUT2D eigenvalue weighted by molar-refractivity contribution is -0.121. The van der Waals surface area contributed by atoms with Gasteiger partial charge in [-0.3, -0.25) is 9.59 Å². The zero-order chi connectivity index (χ0) is 19.8. The molecule has 3 aromatic rings. The second-order valence-corrected chi connectivity index (χ2v) is 6.53. The molecule has 0 aliphatic carbocycles. The van der Waals surface area contributed by atoms with Crippen molar-refractivity contribution < 1.29 is 14.0 Å². The van der Waals surface area contributed by atoms with Crippen molar-refractivity contribution in [2.75, 3.05) is 13.1 Å². The fourth-order valence-corrected chi connectivity index (χ4v) is 2.68. The smallest absolute Gasteiger partial charge is 0.251 e. The molecule has 0 spiro atoms. The Kier molecular flexibility index (Phi) is 6.81. The van der Waals surface area contributed by atoms with Crippen LogP contribution in [0.4, 0.5) is 0 Å². The standard InChI is InChI=1S/C21H20ClN3O3/c22-17-8-6-16(7-9-17)21(27)24-13-12-23-19(26)10-11-20-25-14-18(28-20)15-4-2-1-3-5-15/h1-9,14H,10-13H2,(H,23,26)(H,24,27). The summed E-state index contributed by atoms with van der Waals surface area (Å²) >= 11 is 5.79. The minimum atomic E-state index is -0.209. The van der Waals surface area contributed by atoms with E-state index >= 15 is 0 Å². The number of nitrogens with one attached hydrogen (secondary N) is 2. The Balaban J connectivity index is 1.35. The molecule has 1 aromatic heterocycles. The van der Waals surface area contributed by atoms with Gasteiger partial charge in [0.1, 0.15) is 0 Å². The van der Waals surface area contributed by atoms with Crippen LogP contribution in [0.2, 0.25) is 5.02 Å². The van der Waals surface area contributed by atoms with Crippen molar-refractivity contribution in [1.29, 1.82) is 0 Å². The number of halogens is 1. The monoisotopic (exact) mass is 397 g/mol. The molecule has 1 heterocycles. The summed E-state index contributed by atoms with van der Waals surface area (Å²) in [5.41, 5.74) is 1.47. The number of hydrogen-bond acceptors (Lipinski definition) is 4. The predicted molar refractivity (Wildman–Crippen MR) is 107 cm³/mol. The highest BCUT2D eigenvalue weighted by molar-refractivity contribution is 6.30. The highest BCUT2D eigenvalue weighted by atomic mass is 35.5. The van der Waals surface area contributed by atoms with E-state index < -0.39 is 0 Å². The fourth-order valence-electron chi connectivity index (χ4n) is 2.55. The normalized spacial score (nSPS) is 10.5. The summed E-state index contributed by atoms with van der Waals surface area (Å²) in [5.74, 6) is 0.866. The Bertz CT molecular complexity index is 924. The Morgan fingerprint density at radius 1 is 0.964 bits per heavy atom. The summed E-state index contributed by atoms with van der Waals surface area (Å²) in [6.07, 6.45) is 2.34. The van der Waals surface area contributed by atoms with Gasteiger partial charge in [0.25, 0.3) is 5.91 Å². The van der Waals surface area contributed by atoms with E-state index in [4.69, 9.17) is 16.0 Å². The Hall–Kier alpha value is -3.12. The van der Waals surface area contributed by atoms with Gasteiger partial charge in [0.15, 0.2) is 11.7 Å². The van der Waals surface area contributed by atoms with Gasteiger partial charge >= 0.3 is 0 Å². The number of carbonyl (C=O) groups excluding carboxylic acids is 2. The van der Waals surface area contributed by atoms with Gasteiger partial charge in [0.2, 0.25) is 5.91 Å². The number of carbonyl (C=O) groups is 2. The molecule has 2 amide bonds. The molecule has 0 fully saturated rings. The number of aryl methyl sites for hydroxylation is 1. The van der Waals surface area contributed by atoms with Crippen molar-refractivity contribution >= 4 is 23.4 Å². The SMILES string of the molecule is O=C(CCc1ncc(-c2ccccc2)o1)NCCNC(=O)c1ccc(Cl)cc1. The van der Waals surface area contributed by atoms with Gasteiger partial charge in [0, 0.05) is 42.1 Å². The molecule has 0 radical (unpaired) electrons. The molecule has 144 valence electrons. The number of rotatable bonds is 8. The average Bonchev–Trinajstić information content (AvgIpc) is 3.20. The third kappa shape index (κ3) is 5.69. The zero-order valence-electron chi connectivity index (χ0n) is 15.2. The highest BCUT2D eigenvalue weighted by Gasteiger charge is 2.09. The van der Waals surface area contributed by atoms with Crippen LogP contribution in [-0.2, 0) is 11.2 Å². The summed E-state index contributed by atoms with van der Waals surface area (Å²) in [7, 11) is 0. The summed E-state index contributed by atoms with van der Waals surface area (Å²) in [6.45, 7) is 0.684. The second kappa shape index (κ2) is 9.71. The molecule has 0 bridgehead atoms.